The summed E-state index contributed by atoms with van der Waals surface area (Å²) in [7, 11) is 0. The van der Waals surface area contributed by atoms with Crippen molar-refractivity contribution in [3.63, 3.8) is 0 Å². The molecule has 8 atom stereocenters. The van der Waals surface area contributed by atoms with E-state index in [1.807, 2.05) is 13.0 Å². The van der Waals surface area contributed by atoms with Crippen LogP contribution in [0.2, 0.25) is 0 Å². The molecule has 0 aliphatic carbocycles. The van der Waals surface area contributed by atoms with Gasteiger partial charge in [-0.25, -0.2) is 4.79 Å². The second kappa shape index (κ2) is 21.7. The smallest absolute Gasteiger partial charge is 0.334 e. The molecule has 0 radical (unpaired) electrons. The summed E-state index contributed by atoms with van der Waals surface area (Å²) in [4.78, 5) is 11.6. The minimum Gasteiger partial charge on any atom is -0.455 e. The van der Waals surface area contributed by atoms with Crippen LogP contribution in [-0.4, -0.2) is 70.1 Å². The van der Waals surface area contributed by atoms with Crippen molar-refractivity contribution in [2.24, 2.45) is 0 Å². The van der Waals surface area contributed by atoms with Crippen LogP contribution >= 0.6 is 0 Å². The number of carbonyl (C=O) groups is 1. The van der Waals surface area contributed by atoms with Gasteiger partial charge in [0, 0.05) is 5.57 Å². The molecule has 0 bridgehead atoms. The molecule has 0 aromatic heterocycles. The average molecular weight is 623 g/mol. The SMILES string of the molecule is CCCCCCCCCC[C@@H](O)[C@@H]1CC[C@@H]([C@@H]2CC[C@@H]([C@H](O)CC[C@@H](O)CCCCCCCCCC3=C[C@H](C)OC3=O)O2)O1. The molecule has 3 N–H and O–H groups in total. The molecule has 0 unspecified atom stereocenters. The summed E-state index contributed by atoms with van der Waals surface area (Å²) in [5, 5.41) is 31.9. The first-order valence-electron chi connectivity index (χ1n) is 18.6. The lowest BCUT2D eigenvalue weighted by molar-refractivity contribution is -0.139. The van der Waals surface area contributed by atoms with Gasteiger partial charge in [0.2, 0.25) is 0 Å². The summed E-state index contributed by atoms with van der Waals surface area (Å²) in [6.07, 6.45) is 25.5. The molecular formula is C37H66O7. The fourth-order valence-electron chi connectivity index (χ4n) is 7.25. The summed E-state index contributed by atoms with van der Waals surface area (Å²) >= 11 is 0. The predicted molar refractivity (Wildman–Crippen MR) is 175 cm³/mol. The highest BCUT2D eigenvalue weighted by atomic mass is 16.6. The zero-order valence-electron chi connectivity index (χ0n) is 28.1. The van der Waals surface area contributed by atoms with Crippen molar-refractivity contribution in [1.29, 1.82) is 0 Å². The first-order valence-corrected chi connectivity index (χ1v) is 18.6. The van der Waals surface area contributed by atoms with Gasteiger partial charge in [0.1, 0.15) is 6.10 Å². The van der Waals surface area contributed by atoms with Crippen LogP contribution in [0.1, 0.15) is 168 Å². The fraction of sp³-hybridized carbons (Fsp3) is 0.919. The Kier molecular flexibility index (Phi) is 18.5. The van der Waals surface area contributed by atoms with Gasteiger partial charge >= 0.3 is 5.97 Å². The van der Waals surface area contributed by atoms with E-state index in [4.69, 9.17) is 14.2 Å². The monoisotopic (exact) mass is 622 g/mol. The van der Waals surface area contributed by atoms with Crippen molar-refractivity contribution in [2.75, 3.05) is 0 Å². The van der Waals surface area contributed by atoms with Crippen LogP contribution in [0.15, 0.2) is 11.6 Å². The van der Waals surface area contributed by atoms with Crippen LogP contribution < -0.4 is 0 Å². The molecule has 3 rings (SSSR count). The van der Waals surface area contributed by atoms with Gasteiger partial charge in [-0.2, -0.15) is 0 Å². The maximum Gasteiger partial charge on any atom is 0.334 e. The molecule has 44 heavy (non-hydrogen) atoms. The van der Waals surface area contributed by atoms with Crippen LogP contribution in [0.25, 0.3) is 0 Å². The predicted octanol–water partition coefficient (Wildman–Crippen LogP) is 7.86. The minimum absolute atomic E-state index is 0.0000945. The van der Waals surface area contributed by atoms with Gasteiger partial charge in [-0.15, -0.1) is 0 Å². The molecule has 0 aromatic rings. The highest BCUT2D eigenvalue weighted by Crippen LogP contribution is 2.34. The van der Waals surface area contributed by atoms with Crippen LogP contribution in [-0.2, 0) is 19.0 Å². The van der Waals surface area contributed by atoms with Crippen LogP contribution in [0.4, 0.5) is 0 Å². The first kappa shape index (κ1) is 37.5. The normalized spacial score (nSPS) is 27.4. The van der Waals surface area contributed by atoms with Gasteiger partial charge in [-0.1, -0.05) is 96.8 Å². The molecule has 0 spiro atoms. The molecule has 0 amide bonds. The Bertz CT molecular complexity index is 801. The summed E-state index contributed by atoms with van der Waals surface area (Å²) in [5.41, 5.74) is 0.840. The Labute approximate surface area is 268 Å². The molecule has 0 aromatic carbocycles. The third-order valence-corrected chi connectivity index (χ3v) is 10.1. The average Bonchev–Trinajstić information content (AvgIpc) is 3.76. The largest absolute Gasteiger partial charge is 0.455 e. The lowest BCUT2D eigenvalue weighted by Gasteiger charge is -2.24. The molecule has 3 aliphatic rings. The molecule has 2 saturated heterocycles. The maximum atomic E-state index is 11.6. The Morgan fingerprint density at radius 1 is 0.659 bits per heavy atom. The fourth-order valence-corrected chi connectivity index (χ4v) is 7.25. The van der Waals surface area contributed by atoms with Crippen LogP contribution in [0.5, 0.6) is 0 Å². The van der Waals surface area contributed by atoms with E-state index in [2.05, 4.69) is 6.92 Å². The van der Waals surface area contributed by atoms with E-state index < -0.39 is 6.10 Å². The van der Waals surface area contributed by atoms with Gasteiger partial charge in [0.05, 0.1) is 42.7 Å². The number of hydrogen-bond donors (Lipinski definition) is 3. The van der Waals surface area contributed by atoms with Gasteiger partial charge < -0.3 is 29.5 Å². The van der Waals surface area contributed by atoms with Gasteiger partial charge in [-0.3, -0.25) is 0 Å². The Morgan fingerprint density at radius 3 is 1.70 bits per heavy atom. The molecule has 256 valence electrons. The van der Waals surface area contributed by atoms with E-state index in [1.54, 1.807) is 0 Å². The first-order chi connectivity index (χ1) is 21.4. The second-order valence-electron chi connectivity index (χ2n) is 14.0. The van der Waals surface area contributed by atoms with Gasteiger partial charge in [-0.05, 0) is 77.2 Å². The van der Waals surface area contributed by atoms with E-state index in [9.17, 15) is 20.1 Å². The molecule has 2 fully saturated rings. The van der Waals surface area contributed by atoms with Crippen molar-refractivity contribution >= 4 is 5.97 Å². The molecule has 7 heteroatoms. The number of aliphatic hydroxyl groups excluding tert-OH is 3. The van der Waals surface area contributed by atoms with E-state index in [1.165, 1.54) is 64.2 Å². The highest BCUT2D eigenvalue weighted by Gasteiger charge is 2.40. The van der Waals surface area contributed by atoms with Crippen molar-refractivity contribution in [1.82, 2.24) is 0 Å². The van der Waals surface area contributed by atoms with Crippen molar-refractivity contribution in [3.8, 4) is 0 Å². The highest BCUT2D eigenvalue weighted by molar-refractivity contribution is 5.90. The maximum absolute atomic E-state index is 11.6. The van der Waals surface area contributed by atoms with Crippen LogP contribution in [0, 0.1) is 0 Å². The second-order valence-corrected chi connectivity index (χ2v) is 14.0. The number of aliphatic hydroxyl groups is 3. The summed E-state index contributed by atoms with van der Waals surface area (Å²) in [5.74, 6) is -0.142. The zero-order valence-corrected chi connectivity index (χ0v) is 28.1. The number of hydrogen-bond acceptors (Lipinski definition) is 7. The number of rotatable bonds is 25. The molecule has 3 aliphatic heterocycles. The molecule has 7 nitrogen and oxygen atoms in total. The van der Waals surface area contributed by atoms with E-state index in [0.29, 0.717) is 12.8 Å². The third-order valence-electron chi connectivity index (χ3n) is 10.1. The summed E-state index contributed by atoms with van der Waals surface area (Å²) in [6, 6.07) is 0. The molecule has 3 heterocycles. The number of unbranched alkanes of at least 4 members (excludes halogenated alkanes) is 13. The summed E-state index contributed by atoms with van der Waals surface area (Å²) in [6.45, 7) is 4.15. The number of esters is 1. The van der Waals surface area contributed by atoms with Crippen LogP contribution in [0.3, 0.4) is 0 Å². The number of carbonyl (C=O) groups excluding carboxylic acids is 1. The topological polar surface area (TPSA) is 105 Å². The molecule has 0 saturated carbocycles. The summed E-state index contributed by atoms with van der Waals surface area (Å²) < 4.78 is 17.7. The van der Waals surface area contributed by atoms with Crippen molar-refractivity contribution < 1.29 is 34.3 Å². The third kappa shape index (κ3) is 14.2. The quantitative estimate of drug-likeness (QED) is 0.0703. The number of ether oxygens (including phenoxy) is 3. The minimum atomic E-state index is -0.551. The Morgan fingerprint density at radius 2 is 1.16 bits per heavy atom. The van der Waals surface area contributed by atoms with E-state index in [-0.39, 0.29) is 48.7 Å². The molecular weight excluding hydrogens is 556 g/mol. The Hall–Kier alpha value is -0.990. The van der Waals surface area contributed by atoms with Gasteiger partial charge in [0.15, 0.2) is 0 Å². The zero-order chi connectivity index (χ0) is 31.6. The van der Waals surface area contributed by atoms with E-state index >= 15 is 0 Å². The standard InChI is InChI=1S/C37H66O7/c1-3-4-5-6-7-11-14-17-20-31(39)33-23-25-35(43-33)36-26-24-34(44-36)32(40)22-21-30(38)19-16-13-10-8-9-12-15-18-29-27-28(2)42-37(29)41/h27-28,30-36,38-40H,3-26H2,1-2H3/t28-,30-,31+,32+,33-,34-,35-,36-/m0/s1. The van der Waals surface area contributed by atoms with Crippen molar-refractivity contribution in [2.45, 2.75) is 217 Å². The lowest BCUT2D eigenvalue weighted by atomic mass is 9.99. The number of cyclic esters (lactones) is 1. The van der Waals surface area contributed by atoms with E-state index in [0.717, 1.165) is 82.6 Å². The Balaban J connectivity index is 1.15. The van der Waals surface area contributed by atoms with Crippen molar-refractivity contribution in [3.05, 3.63) is 11.6 Å². The lowest BCUT2D eigenvalue weighted by Crippen LogP contribution is -2.33. The van der Waals surface area contributed by atoms with Gasteiger partial charge in [0.25, 0.3) is 0 Å².